The van der Waals surface area contributed by atoms with E-state index in [9.17, 15) is 21.0 Å². The van der Waals surface area contributed by atoms with E-state index in [4.69, 9.17) is 15.0 Å². The predicted octanol–water partition coefficient (Wildman–Crippen LogP) is 15.6. The summed E-state index contributed by atoms with van der Waals surface area (Å²) in [7, 11) is 0. The van der Waals surface area contributed by atoms with Gasteiger partial charge in [-0.1, -0.05) is 121 Å². The first kappa shape index (κ1) is 44.7. The van der Waals surface area contributed by atoms with Gasteiger partial charge in [-0.05, 0) is 131 Å². The van der Waals surface area contributed by atoms with Crippen LogP contribution < -0.4 is 0 Å². The van der Waals surface area contributed by atoms with E-state index in [1.807, 2.05) is 158 Å². The van der Waals surface area contributed by atoms with Gasteiger partial charge in [0, 0.05) is 43.8 Å². The quantitative estimate of drug-likeness (QED) is 0.147. The molecule has 0 fully saturated rings. The topological polar surface area (TPSA) is 144 Å². The highest BCUT2D eigenvalue weighted by molar-refractivity contribution is 6.12. The lowest BCUT2D eigenvalue weighted by Crippen LogP contribution is -2.04. The molecule has 0 unspecified atom stereocenters. The summed E-state index contributed by atoms with van der Waals surface area (Å²) in [6.45, 7) is 0. The lowest BCUT2D eigenvalue weighted by Gasteiger charge is -2.19. The third kappa shape index (κ3) is 7.66. The van der Waals surface area contributed by atoms with Crippen LogP contribution in [0.5, 0.6) is 0 Å². The van der Waals surface area contributed by atoms with Gasteiger partial charge in [0.2, 0.25) is 0 Å². The zero-order chi connectivity index (χ0) is 51.3. The Hall–Kier alpha value is -11.2. The Kier molecular flexibility index (Phi) is 10.8. The van der Waals surface area contributed by atoms with Crippen LogP contribution in [0.1, 0.15) is 22.3 Å². The van der Waals surface area contributed by atoms with Crippen molar-refractivity contribution in [1.29, 1.82) is 21.0 Å². The molecule has 0 aliphatic heterocycles. The second kappa shape index (κ2) is 18.4. The molecule has 9 nitrogen and oxygen atoms in total. The lowest BCUT2D eigenvalue weighted by atomic mass is 9.94. The molecule has 0 saturated heterocycles. The number of rotatable bonds is 8. The highest BCUT2D eigenvalue weighted by Gasteiger charge is 2.24. The summed E-state index contributed by atoms with van der Waals surface area (Å²) in [6, 6.07) is 83.4. The van der Waals surface area contributed by atoms with Gasteiger partial charge in [0.25, 0.3) is 0 Å². The summed E-state index contributed by atoms with van der Waals surface area (Å²) < 4.78 is 4.45. The van der Waals surface area contributed by atoms with Gasteiger partial charge in [0.1, 0.15) is 0 Å². The SMILES string of the molecule is N#Cc1ccc(-c2ccc(-n3c4ccc(C#N)cc4c4cc(C#N)ccc43)c(-c3ccc(-n4c5ccc(C#N)cc5c5cc(-c6ccccc6)ccc54)c(-c4nc(-c5ccccc5)nc(-c5ccccc5)n4)c3)c2)cc1. The number of fused-ring (bicyclic) bond motifs is 6. The molecule has 350 valence electrons. The van der Waals surface area contributed by atoms with Gasteiger partial charge < -0.3 is 9.13 Å². The third-order valence-electron chi connectivity index (χ3n) is 14.1. The minimum Gasteiger partial charge on any atom is -0.309 e. The normalized spacial score (nSPS) is 11.1. The van der Waals surface area contributed by atoms with Gasteiger partial charge in [-0.15, -0.1) is 0 Å². The van der Waals surface area contributed by atoms with Crippen LogP contribution in [-0.4, -0.2) is 24.1 Å². The summed E-state index contributed by atoms with van der Waals surface area (Å²) in [4.78, 5) is 15.8. The molecule has 3 heterocycles. The van der Waals surface area contributed by atoms with Gasteiger partial charge in [-0.3, -0.25) is 0 Å². The van der Waals surface area contributed by atoms with E-state index in [0.717, 1.165) is 105 Å². The average molecular weight is 968 g/mol. The minimum absolute atomic E-state index is 0.448. The van der Waals surface area contributed by atoms with Crippen LogP contribution in [0.3, 0.4) is 0 Å². The van der Waals surface area contributed by atoms with Crippen LogP contribution >= 0.6 is 0 Å². The summed E-state index contributed by atoms with van der Waals surface area (Å²) in [5, 5.41) is 43.7. The molecular formula is C67H37N9. The molecule has 13 rings (SSSR count). The minimum atomic E-state index is 0.448. The molecule has 0 aliphatic carbocycles. The first-order valence-electron chi connectivity index (χ1n) is 24.6. The van der Waals surface area contributed by atoms with E-state index in [2.05, 4.69) is 100 Å². The van der Waals surface area contributed by atoms with Crippen molar-refractivity contribution in [2.24, 2.45) is 0 Å². The van der Waals surface area contributed by atoms with Crippen LogP contribution in [0.2, 0.25) is 0 Å². The maximum Gasteiger partial charge on any atom is 0.166 e. The van der Waals surface area contributed by atoms with Crippen molar-refractivity contribution in [1.82, 2.24) is 24.1 Å². The first-order valence-corrected chi connectivity index (χ1v) is 24.6. The second-order valence-corrected chi connectivity index (χ2v) is 18.5. The van der Waals surface area contributed by atoms with E-state index < -0.39 is 0 Å². The van der Waals surface area contributed by atoms with E-state index in [0.29, 0.717) is 39.7 Å². The molecule has 0 bridgehead atoms. The number of hydrogen-bond donors (Lipinski definition) is 0. The second-order valence-electron chi connectivity index (χ2n) is 18.5. The van der Waals surface area contributed by atoms with Crippen molar-refractivity contribution < 1.29 is 0 Å². The molecule has 13 aromatic rings. The Morgan fingerprint density at radius 1 is 0.263 bits per heavy atom. The monoisotopic (exact) mass is 967 g/mol. The first-order chi connectivity index (χ1) is 37.5. The Morgan fingerprint density at radius 2 is 0.605 bits per heavy atom. The van der Waals surface area contributed by atoms with Gasteiger partial charge >= 0.3 is 0 Å². The van der Waals surface area contributed by atoms with E-state index in [1.54, 1.807) is 0 Å². The zero-order valence-electron chi connectivity index (χ0n) is 40.4. The van der Waals surface area contributed by atoms with Crippen molar-refractivity contribution in [2.75, 3.05) is 0 Å². The predicted molar refractivity (Wildman–Crippen MR) is 300 cm³/mol. The highest BCUT2D eigenvalue weighted by atomic mass is 15.1. The lowest BCUT2D eigenvalue weighted by molar-refractivity contribution is 1.06. The van der Waals surface area contributed by atoms with E-state index in [-0.39, 0.29) is 0 Å². The Balaban J connectivity index is 1.14. The molecule has 0 N–H and O–H groups in total. The number of aromatic nitrogens is 5. The fourth-order valence-electron chi connectivity index (χ4n) is 10.5. The molecule has 0 spiro atoms. The van der Waals surface area contributed by atoms with Gasteiger partial charge in [-0.2, -0.15) is 21.0 Å². The molecule has 0 saturated carbocycles. The van der Waals surface area contributed by atoms with Crippen molar-refractivity contribution >= 4 is 43.6 Å². The summed E-state index contributed by atoms with van der Waals surface area (Å²) in [5.41, 5.74) is 15.4. The maximum absolute atomic E-state index is 10.2. The number of nitriles is 4. The van der Waals surface area contributed by atoms with Gasteiger partial charge in [0.05, 0.1) is 80.0 Å². The zero-order valence-corrected chi connectivity index (χ0v) is 40.4. The molecule has 0 aliphatic rings. The third-order valence-corrected chi connectivity index (χ3v) is 14.1. The summed E-state index contributed by atoms with van der Waals surface area (Å²) >= 11 is 0. The molecule has 10 aromatic carbocycles. The molecule has 3 aromatic heterocycles. The van der Waals surface area contributed by atoms with Crippen molar-refractivity contribution in [2.45, 2.75) is 0 Å². The molecular weight excluding hydrogens is 931 g/mol. The van der Waals surface area contributed by atoms with E-state index >= 15 is 0 Å². The molecule has 0 atom stereocenters. The van der Waals surface area contributed by atoms with Gasteiger partial charge in [0.15, 0.2) is 17.5 Å². The number of benzene rings is 10. The van der Waals surface area contributed by atoms with Gasteiger partial charge in [-0.25, -0.2) is 15.0 Å². The number of hydrogen-bond acceptors (Lipinski definition) is 7. The van der Waals surface area contributed by atoms with Crippen LogP contribution in [0.15, 0.2) is 224 Å². The average Bonchev–Trinajstić information content (AvgIpc) is 4.01. The summed E-state index contributed by atoms with van der Waals surface area (Å²) in [6.07, 6.45) is 0. The van der Waals surface area contributed by atoms with Crippen LogP contribution in [0, 0.1) is 45.3 Å². The van der Waals surface area contributed by atoms with E-state index in [1.165, 1.54) is 0 Å². The number of nitrogens with zero attached hydrogens (tertiary/aromatic N) is 9. The Bertz CT molecular complexity index is 4530. The van der Waals surface area contributed by atoms with Crippen LogP contribution in [0.4, 0.5) is 0 Å². The molecule has 76 heavy (non-hydrogen) atoms. The van der Waals surface area contributed by atoms with Crippen LogP contribution in [0.25, 0.3) is 123 Å². The van der Waals surface area contributed by atoms with Crippen LogP contribution in [-0.2, 0) is 0 Å². The molecule has 0 amide bonds. The van der Waals surface area contributed by atoms with Crippen molar-refractivity contribution in [3.8, 4) is 103 Å². The standard InChI is InChI=1S/C67H37N9/c68-38-42-16-21-47(22-17-42)50-23-29-59(75-60-26-18-43(39-69)32-54(60)55-33-44(40-70)19-27-61(55)75)53(35-50)52-25-31-64(58(37-52)67-73-65(48-12-6-2-7-13-48)72-66(74-67)49-14-8-3-9-15-49)76-62-28-20-45(41-71)34-56(62)57-36-51(24-30-63(57)76)46-10-4-1-5-11-46/h1-37H. The fraction of sp³-hybridized carbons (Fsp3) is 0. The smallest absolute Gasteiger partial charge is 0.166 e. The van der Waals surface area contributed by atoms with Crippen molar-refractivity contribution in [3.63, 3.8) is 0 Å². The molecule has 9 heteroatoms. The maximum atomic E-state index is 10.2. The summed E-state index contributed by atoms with van der Waals surface area (Å²) in [5.74, 6) is 1.47. The Morgan fingerprint density at radius 3 is 1.09 bits per heavy atom. The fourth-order valence-corrected chi connectivity index (χ4v) is 10.5. The highest BCUT2D eigenvalue weighted by Crippen LogP contribution is 2.43. The Labute approximate surface area is 436 Å². The molecule has 0 radical (unpaired) electrons. The van der Waals surface area contributed by atoms with Crippen molar-refractivity contribution in [3.05, 3.63) is 247 Å². The largest absolute Gasteiger partial charge is 0.309 e.